The van der Waals surface area contributed by atoms with Crippen molar-refractivity contribution < 1.29 is 29.0 Å². The highest BCUT2D eigenvalue weighted by Gasteiger charge is 2.18. The topological polar surface area (TPSA) is 93.1 Å². The summed E-state index contributed by atoms with van der Waals surface area (Å²) in [5.74, 6) is -2.11. The lowest BCUT2D eigenvalue weighted by atomic mass is 10.1. The van der Waals surface area contributed by atoms with Gasteiger partial charge in [0.25, 0.3) is 5.91 Å². The first kappa shape index (κ1) is 17.5. The van der Waals surface area contributed by atoms with Crippen molar-refractivity contribution in [2.24, 2.45) is 5.92 Å². The Bertz CT molecular complexity index is 557. The van der Waals surface area contributed by atoms with Crippen molar-refractivity contribution in [3.63, 3.8) is 0 Å². The average molecular weight is 309 g/mol. The van der Waals surface area contributed by atoms with Crippen LogP contribution in [-0.4, -0.2) is 55.2 Å². The highest BCUT2D eigenvalue weighted by atomic mass is 16.6. The predicted molar refractivity (Wildman–Crippen MR) is 77.7 cm³/mol. The number of rotatable bonds is 7. The molecule has 7 nitrogen and oxygen atoms in total. The molecule has 0 spiro atoms. The van der Waals surface area contributed by atoms with Crippen molar-refractivity contribution in [1.82, 2.24) is 4.90 Å². The van der Waals surface area contributed by atoms with Crippen LogP contribution in [0.2, 0.25) is 0 Å². The molecule has 1 aromatic rings. The molecule has 0 saturated carbocycles. The first-order valence-electron chi connectivity index (χ1n) is 6.63. The Labute approximate surface area is 128 Å². The zero-order valence-electron chi connectivity index (χ0n) is 12.7. The fourth-order valence-electron chi connectivity index (χ4n) is 1.71. The van der Waals surface area contributed by atoms with Gasteiger partial charge in [-0.2, -0.15) is 0 Å². The maximum Gasteiger partial charge on any atom is 0.343 e. The van der Waals surface area contributed by atoms with Crippen molar-refractivity contribution in [3.8, 4) is 5.75 Å². The number of nitrogens with zero attached hydrogens (tertiary/aromatic N) is 1. The van der Waals surface area contributed by atoms with E-state index in [2.05, 4.69) is 4.74 Å². The molecule has 1 atom stereocenters. The number of hydrogen-bond donors (Lipinski definition) is 1. The van der Waals surface area contributed by atoms with Crippen molar-refractivity contribution >= 4 is 17.8 Å². The molecule has 1 unspecified atom stereocenters. The Kier molecular flexibility index (Phi) is 6.37. The SMILES string of the molecule is COC(=O)COc1cccc(C(=O)N(C)CC(C)C(=O)O)c1. The van der Waals surface area contributed by atoms with Gasteiger partial charge in [-0.25, -0.2) is 4.79 Å². The zero-order valence-corrected chi connectivity index (χ0v) is 12.7. The Morgan fingerprint density at radius 2 is 2.00 bits per heavy atom. The van der Waals surface area contributed by atoms with Crippen molar-refractivity contribution in [1.29, 1.82) is 0 Å². The van der Waals surface area contributed by atoms with E-state index >= 15 is 0 Å². The van der Waals surface area contributed by atoms with Crippen LogP contribution in [0, 0.1) is 5.92 Å². The number of carbonyl (C=O) groups is 3. The second kappa shape index (κ2) is 8.02. The molecule has 0 aromatic heterocycles. The molecular weight excluding hydrogens is 290 g/mol. The molecule has 0 fully saturated rings. The van der Waals surface area contributed by atoms with Crippen molar-refractivity contribution in [3.05, 3.63) is 29.8 Å². The molecule has 0 saturated heterocycles. The summed E-state index contributed by atoms with van der Waals surface area (Å²) in [6, 6.07) is 6.32. The lowest BCUT2D eigenvalue weighted by molar-refractivity contribution is -0.143. The van der Waals surface area contributed by atoms with Crippen LogP contribution in [0.1, 0.15) is 17.3 Å². The van der Waals surface area contributed by atoms with Gasteiger partial charge in [-0.05, 0) is 18.2 Å². The number of esters is 1. The smallest absolute Gasteiger partial charge is 0.343 e. The van der Waals surface area contributed by atoms with E-state index in [1.54, 1.807) is 18.2 Å². The van der Waals surface area contributed by atoms with Gasteiger partial charge >= 0.3 is 11.9 Å². The van der Waals surface area contributed by atoms with Gasteiger partial charge < -0.3 is 19.5 Å². The van der Waals surface area contributed by atoms with E-state index < -0.39 is 17.9 Å². The highest BCUT2D eigenvalue weighted by Crippen LogP contribution is 2.15. The van der Waals surface area contributed by atoms with Gasteiger partial charge in [0.1, 0.15) is 5.75 Å². The lowest BCUT2D eigenvalue weighted by Gasteiger charge is -2.19. The van der Waals surface area contributed by atoms with Crippen LogP contribution in [-0.2, 0) is 14.3 Å². The molecule has 1 rings (SSSR count). The molecule has 1 aromatic carbocycles. The number of hydrogen-bond acceptors (Lipinski definition) is 5. The molecule has 0 heterocycles. The van der Waals surface area contributed by atoms with Crippen LogP contribution < -0.4 is 4.74 Å². The van der Waals surface area contributed by atoms with Crippen LogP contribution in [0.3, 0.4) is 0 Å². The molecule has 120 valence electrons. The minimum Gasteiger partial charge on any atom is -0.482 e. The van der Waals surface area contributed by atoms with Gasteiger partial charge in [0.05, 0.1) is 13.0 Å². The summed E-state index contributed by atoms with van der Waals surface area (Å²) in [4.78, 5) is 35.4. The number of carbonyl (C=O) groups excluding carboxylic acids is 2. The predicted octanol–water partition coefficient (Wildman–Crippen LogP) is 1.03. The summed E-state index contributed by atoms with van der Waals surface area (Å²) in [7, 11) is 2.79. The molecule has 0 aliphatic heterocycles. The molecule has 1 N–H and O–H groups in total. The Morgan fingerprint density at radius 3 is 2.59 bits per heavy atom. The number of aliphatic carboxylic acids is 1. The molecule has 0 radical (unpaired) electrons. The van der Waals surface area contributed by atoms with Crippen LogP contribution in [0.4, 0.5) is 0 Å². The van der Waals surface area contributed by atoms with Gasteiger partial charge in [-0.1, -0.05) is 13.0 Å². The molecule has 0 aliphatic carbocycles. The van der Waals surface area contributed by atoms with E-state index in [0.717, 1.165) is 0 Å². The van der Waals surface area contributed by atoms with Gasteiger partial charge in [0.2, 0.25) is 0 Å². The van der Waals surface area contributed by atoms with Crippen LogP contribution in [0.25, 0.3) is 0 Å². The van der Waals surface area contributed by atoms with Crippen LogP contribution in [0.5, 0.6) is 5.75 Å². The number of benzene rings is 1. The molecule has 1 amide bonds. The van der Waals surface area contributed by atoms with Gasteiger partial charge in [-0.15, -0.1) is 0 Å². The minimum absolute atomic E-state index is 0.0986. The minimum atomic E-state index is -0.963. The van der Waals surface area contributed by atoms with Crippen LogP contribution >= 0.6 is 0 Å². The number of amides is 1. The van der Waals surface area contributed by atoms with Crippen LogP contribution in [0.15, 0.2) is 24.3 Å². The second-order valence-corrected chi connectivity index (χ2v) is 4.82. The molecule has 0 aliphatic rings. The summed E-state index contributed by atoms with van der Waals surface area (Å²) < 4.78 is 9.67. The Morgan fingerprint density at radius 1 is 1.32 bits per heavy atom. The summed E-state index contributed by atoms with van der Waals surface area (Å²) in [5, 5.41) is 8.87. The molecule has 7 heteroatoms. The maximum atomic E-state index is 12.2. The largest absolute Gasteiger partial charge is 0.482 e. The van der Waals surface area contributed by atoms with Gasteiger partial charge in [0.15, 0.2) is 6.61 Å². The quantitative estimate of drug-likeness (QED) is 0.756. The normalized spacial score (nSPS) is 11.4. The fraction of sp³-hybridized carbons (Fsp3) is 0.400. The third-order valence-corrected chi connectivity index (χ3v) is 2.98. The number of methoxy groups -OCH3 is 1. The summed E-state index contributed by atoms with van der Waals surface area (Å²) in [5.41, 5.74) is 0.349. The highest BCUT2D eigenvalue weighted by molar-refractivity contribution is 5.94. The lowest BCUT2D eigenvalue weighted by Crippen LogP contribution is -2.33. The van der Waals surface area contributed by atoms with Gasteiger partial charge in [-0.3, -0.25) is 9.59 Å². The summed E-state index contributed by atoms with van der Waals surface area (Å²) in [6.45, 7) is 1.38. The third-order valence-electron chi connectivity index (χ3n) is 2.98. The average Bonchev–Trinajstić information content (AvgIpc) is 2.51. The number of ether oxygens (including phenoxy) is 2. The van der Waals surface area contributed by atoms with E-state index in [0.29, 0.717) is 11.3 Å². The third kappa shape index (κ3) is 5.08. The second-order valence-electron chi connectivity index (χ2n) is 4.82. The van der Waals surface area contributed by atoms with E-state index in [1.807, 2.05) is 0 Å². The Balaban J connectivity index is 2.73. The van der Waals surface area contributed by atoms with Crippen molar-refractivity contribution in [2.75, 3.05) is 27.3 Å². The van der Waals surface area contributed by atoms with Crippen molar-refractivity contribution in [2.45, 2.75) is 6.92 Å². The maximum absolute atomic E-state index is 12.2. The van der Waals surface area contributed by atoms with E-state index in [1.165, 1.54) is 32.0 Å². The van der Waals surface area contributed by atoms with Gasteiger partial charge in [0, 0.05) is 19.2 Å². The fourth-order valence-corrected chi connectivity index (χ4v) is 1.71. The summed E-state index contributed by atoms with van der Waals surface area (Å²) in [6.07, 6.45) is 0. The molecular formula is C15H19NO6. The van der Waals surface area contributed by atoms with E-state index in [4.69, 9.17) is 9.84 Å². The molecule has 22 heavy (non-hydrogen) atoms. The standard InChI is InChI=1S/C15H19NO6/c1-10(15(19)20)8-16(2)14(18)11-5-4-6-12(7-11)22-9-13(17)21-3/h4-7,10H,8-9H2,1-3H3,(H,19,20). The van der Waals surface area contributed by atoms with E-state index in [9.17, 15) is 14.4 Å². The summed E-state index contributed by atoms with van der Waals surface area (Å²) >= 11 is 0. The molecule has 0 bridgehead atoms. The number of carboxylic acid groups (broad SMARTS) is 1. The first-order chi connectivity index (χ1) is 10.3. The zero-order chi connectivity index (χ0) is 16.7. The number of carboxylic acids is 1. The monoisotopic (exact) mass is 309 g/mol. The van der Waals surface area contributed by atoms with E-state index in [-0.39, 0.29) is 19.1 Å². The first-order valence-corrected chi connectivity index (χ1v) is 6.63. The Hall–Kier alpha value is -2.57.